The Morgan fingerprint density at radius 3 is 2.00 bits per heavy atom. The highest BCUT2D eigenvalue weighted by Gasteiger charge is 2.49. The van der Waals surface area contributed by atoms with Crippen LogP contribution in [-0.4, -0.2) is 27.5 Å². The largest absolute Gasteiger partial charge is 0.466 e. The second-order valence-corrected chi connectivity index (χ2v) is 13.7. The Labute approximate surface area is 201 Å². The van der Waals surface area contributed by atoms with E-state index in [1.807, 2.05) is 26.0 Å². The molecule has 176 valence electrons. The van der Waals surface area contributed by atoms with Crippen molar-refractivity contribution in [3.63, 3.8) is 0 Å². The number of esters is 1. The van der Waals surface area contributed by atoms with Gasteiger partial charge in [-0.25, -0.2) is 0 Å². The van der Waals surface area contributed by atoms with Crippen LogP contribution in [0, 0.1) is 17.8 Å². The Bertz CT molecular complexity index is 910. The van der Waals surface area contributed by atoms with E-state index in [9.17, 15) is 4.79 Å². The number of carbonyl (C=O) groups excluding carboxylic acids is 1. The molecule has 2 rings (SSSR count). The summed E-state index contributed by atoms with van der Waals surface area (Å²) in [5.41, 5.74) is 0.994. The number of allylic oxidation sites excluding steroid dienone is 1. The van der Waals surface area contributed by atoms with Gasteiger partial charge in [0.2, 0.25) is 0 Å². The number of benzene rings is 2. The quantitative estimate of drug-likeness (QED) is 0.203. The van der Waals surface area contributed by atoms with Crippen LogP contribution >= 0.6 is 0 Å². The van der Waals surface area contributed by atoms with Crippen molar-refractivity contribution in [2.75, 3.05) is 13.2 Å². The van der Waals surface area contributed by atoms with Crippen molar-refractivity contribution in [1.82, 2.24) is 0 Å². The first-order valence-corrected chi connectivity index (χ1v) is 13.6. The molecule has 0 heterocycles. The van der Waals surface area contributed by atoms with Gasteiger partial charge in [-0.2, -0.15) is 0 Å². The van der Waals surface area contributed by atoms with Gasteiger partial charge in [-0.1, -0.05) is 99.5 Å². The number of carbonyl (C=O) groups is 1. The summed E-state index contributed by atoms with van der Waals surface area (Å²) in [7, 11) is -2.56. The summed E-state index contributed by atoms with van der Waals surface area (Å²) in [6.45, 7) is 15.4. The van der Waals surface area contributed by atoms with E-state index >= 15 is 0 Å². The molecule has 0 amide bonds. The van der Waals surface area contributed by atoms with Gasteiger partial charge in [-0.15, -0.1) is 5.92 Å². The van der Waals surface area contributed by atoms with Crippen molar-refractivity contribution in [3.8, 4) is 11.8 Å². The Morgan fingerprint density at radius 2 is 1.55 bits per heavy atom. The summed E-state index contributed by atoms with van der Waals surface area (Å²) in [5.74, 6) is 6.42. The summed E-state index contributed by atoms with van der Waals surface area (Å²) in [6, 6.07) is 21.2. The second-order valence-electron chi connectivity index (χ2n) is 9.40. The zero-order valence-corrected chi connectivity index (χ0v) is 21.8. The van der Waals surface area contributed by atoms with Crippen LogP contribution in [0.15, 0.2) is 72.8 Å². The minimum atomic E-state index is -2.56. The van der Waals surface area contributed by atoms with Crippen LogP contribution in [0.4, 0.5) is 0 Å². The molecule has 0 aliphatic carbocycles. The van der Waals surface area contributed by atoms with Crippen LogP contribution in [0.2, 0.25) is 5.04 Å². The lowest BCUT2D eigenvalue weighted by molar-refractivity contribution is -0.144. The number of ether oxygens (including phenoxy) is 1. The third-order valence-electron chi connectivity index (χ3n) is 5.94. The fourth-order valence-electron chi connectivity index (χ4n) is 4.24. The molecule has 0 aliphatic heterocycles. The van der Waals surface area contributed by atoms with Crippen molar-refractivity contribution in [2.24, 2.45) is 5.92 Å². The summed E-state index contributed by atoms with van der Waals surface area (Å²) in [4.78, 5) is 11.9. The Kier molecular flexibility index (Phi) is 10.2. The van der Waals surface area contributed by atoms with Crippen LogP contribution in [0.1, 0.15) is 53.9 Å². The third kappa shape index (κ3) is 7.18. The summed E-state index contributed by atoms with van der Waals surface area (Å²) < 4.78 is 11.9. The molecular formula is C29H38O3Si. The molecule has 0 N–H and O–H groups in total. The van der Waals surface area contributed by atoms with E-state index in [-0.39, 0.29) is 16.9 Å². The van der Waals surface area contributed by atoms with Gasteiger partial charge in [0.15, 0.2) is 0 Å². The molecule has 3 nitrogen and oxygen atoms in total. The topological polar surface area (TPSA) is 35.5 Å². The SMILES string of the molecule is C=C(C)C(CCC#CCO[Si](c1ccccc1)(c1ccccc1)C(C)(C)C)CC(=O)OCC. The molecule has 4 heteroatoms. The van der Waals surface area contributed by atoms with Crippen LogP contribution in [0.3, 0.4) is 0 Å². The first-order valence-electron chi connectivity index (χ1n) is 11.7. The zero-order valence-electron chi connectivity index (χ0n) is 20.8. The van der Waals surface area contributed by atoms with E-state index in [0.29, 0.717) is 26.1 Å². The molecule has 2 aromatic rings. The van der Waals surface area contributed by atoms with Crippen molar-refractivity contribution in [1.29, 1.82) is 0 Å². The second kappa shape index (κ2) is 12.6. The molecule has 0 saturated carbocycles. The molecule has 1 unspecified atom stereocenters. The fourth-order valence-corrected chi connectivity index (χ4v) is 8.68. The van der Waals surface area contributed by atoms with E-state index < -0.39 is 8.32 Å². The fraction of sp³-hybridized carbons (Fsp3) is 0.414. The molecule has 2 aromatic carbocycles. The standard InChI is InChI=1S/C29H38O3Si/c1-7-31-28(30)23-25(24(2)3)17-11-10-16-22-32-33(29(4,5)6,26-18-12-8-13-19-26)27-20-14-9-15-21-27/h8-9,12-15,18-21,25H,2,7,11,17,22-23H2,1,3-6H3. The van der Waals surface area contributed by atoms with E-state index in [1.54, 1.807) is 0 Å². The maximum absolute atomic E-state index is 11.9. The predicted molar refractivity (Wildman–Crippen MR) is 140 cm³/mol. The van der Waals surface area contributed by atoms with Gasteiger partial charge in [0.25, 0.3) is 8.32 Å². The van der Waals surface area contributed by atoms with Gasteiger partial charge in [-0.05, 0) is 41.6 Å². The van der Waals surface area contributed by atoms with Crippen molar-refractivity contribution >= 4 is 24.7 Å². The van der Waals surface area contributed by atoms with Gasteiger partial charge >= 0.3 is 5.97 Å². The first kappa shape index (κ1) is 26.6. The average Bonchev–Trinajstić information content (AvgIpc) is 2.78. The van der Waals surface area contributed by atoms with E-state index in [2.05, 4.69) is 87.7 Å². The molecular weight excluding hydrogens is 424 g/mol. The lowest BCUT2D eigenvalue weighted by atomic mass is 9.93. The maximum Gasteiger partial charge on any atom is 0.306 e. The average molecular weight is 463 g/mol. The molecule has 0 aliphatic rings. The number of hydrogen-bond donors (Lipinski definition) is 0. The van der Waals surface area contributed by atoms with Crippen LogP contribution < -0.4 is 10.4 Å². The minimum absolute atomic E-state index is 0.0674. The Morgan fingerprint density at radius 1 is 1.00 bits per heavy atom. The van der Waals surface area contributed by atoms with E-state index in [1.165, 1.54) is 10.4 Å². The van der Waals surface area contributed by atoms with Gasteiger partial charge in [0.05, 0.1) is 19.6 Å². The van der Waals surface area contributed by atoms with Crippen LogP contribution in [0.5, 0.6) is 0 Å². The van der Waals surface area contributed by atoms with Crippen LogP contribution in [0.25, 0.3) is 0 Å². The van der Waals surface area contributed by atoms with E-state index in [4.69, 9.17) is 9.16 Å². The van der Waals surface area contributed by atoms with Crippen molar-refractivity contribution in [3.05, 3.63) is 72.8 Å². The summed E-state index contributed by atoms with van der Waals surface area (Å²) in [6.07, 6.45) is 1.85. The highest BCUT2D eigenvalue weighted by Crippen LogP contribution is 2.36. The predicted octanol–water partition coefficient (Wildman–Crippen LogP) is 5.49. The smallest absolute Gasteiger partial charge is 0.306 e. The van der Waals surface area contributed by atoms with Gasteiger partial charge in [0.1, 0.15) is 0 Å². The Hall–Kier alpha value is -2.61. The van der Waals surface area contributed by atoms with Crippen molar-refractivity contribution in [2.45, 2.75) is 58.9 Å². The minimum Gasteiger partial charge on any atom is -0.466 e. The van der Waals surface area contributed by atoms with Gasteiger partial charge in [0, 0.05) is 6.42 Å². The lowest BCUT2D eigenvalue weighted by Crippen LogP contribution is -2.66. The molecule has 0 bridgehead atoms. The lowest BCUT2D eigenvalue weighted by Gasteiger charge is -2.42. The molecule has 0 aromatic heterocycles. The molecule has 0 saturated heterocycles. The summed E-state index contributed by atoms with van der Waals surface area (Å²) >= 11 is 0. The highest BCUT2D eigenvalue weighted by molar-refractivity contribution is 6.99. The number of rotatable bonds is 10. The normalized spacial score (nSPS) is 12.4. The first-order chi connectivity index (χ1) is 15.7. The molecule has 0 fully saturated rings. The van der Waals surface area contributed by atoms with Crippen LogP contribution in [-0.2, 0) is 14.0 Å². The zero-order chi connectivity index (χ0) is 24.3. The Balaban J connectivity index is 2.16. The number of hydrogen-bond acceptors (Lipinski definition) is 3. The monoisotopic (exact) mass is 462 g/mol. The third-order valence-corrected chi connectivity index (χ3v) is 10.9. The highest BCUT2D eigenvalue weighted by atomic mass is 28.4. The molecule has 0 spiro atoms. The van der Waals surface area contributed by atoms with Gasteiger partial charge in [-0.3, -0.25) is 4.79 Å². The molecule has 1 atom stereocenters. The molecule has 0 radical (unpaired) electrons. The van der Waals surface area contributed by atoms with E-state index in [0.717, 1.165) is 12.0 Å². The van der Waals surface area contributed by atoms with Gasteiger partial charge < -0.3 is 9.16 Å². The molecule has 33 heavy (non-hydrogen) atoms. The maximum atomic E-state index is 11.9. The summed E-state index contributed by atoms with van der Waals surface area (Å²) in [5, 5.41) is 2.44. The van der Waals surface area contributed by atoms with Crippen molar-refractivity contribution < 1.29 is 14.0 Å².